The molecule has 1 atom stereocenters. The summed E-state index contributed by atoms with van der Waals surface area (Å²) in [7, 11) is 0. The van der Waals surface area contributed by atoms with Gasteiger partial charge in [0.1, 0.15) is 0 Å². The first-order valence-electron chi connectivity index (χ1n) is 5.23. The Kier molecular flexibility index (Phi) is 2.86. The van der Waals surface area contributed by atoms with Crippen LogP contribution in [0.15, 0.2) is 18.2 Å². The first kappa shape index (κ1) is 11.3. The van der Waals surface area contributed by atoms with Gasteiger partial charge in [-0.05, 0) is 12.1 Å². The van der Waals surface area contributed by atoms with E-state index in [0.717, 1.165) is 0 Å². The highest BCUT2D eigenvalue weighted by Gasteiger charge is 2.23. The van der Waals surface area contributed by atoms with Crippen molar-refractivity contribution in [2.75, 3.05) is 17.6 Å². The summed E-state index contributed by atoms with van der Waals surface area (Å²) in [5, 5.41) is 14.7. The van der Waals surface area contributed by atoms with Crippen LogP contribution < -0.4 is 16.4 Å². The maximum absolute atomic E-state index is 11.0. The molecule has 1 saturated heterocycles. The molecule has 17 heavy (non-hydrogen) atoms. The predicted molar refractivity (Wildman–Crippen MR) is 62.9 cm³/mol. The highest BCUT2D eigenvalue weighted by molar-refractivity contribution is 5.97. The Morgan fingerprint density at radius 3 is 2.88 bits per heavy atom. The number of hydrogen-bond acceptors (Lipinski definition) is 4. The molecule has 6 nitrogen and oxygen atoms in total. The number of carboxylic acid groups (broad SMARTS) is 1. The van der Waals surface area contributed by atoms with Crippen LogP contribution in [0.4, 0.5) is 11.4 Å². The average molecular weight is 235 g/mol. The Labute approximate surface area is 97.8 Å². The van der Waals surface area contributed by atoms with E-state index in [9.17, 15) is 9.59 Å². The summed E-state index contributed by atoms with van der Waals surface area (Å²) >= 11 is 0. The molecule has 2 rings (SSSR count). The minimum Gasteiger partial charge on any atom is -0.478 e. The molecular weight excluding hydrogens is 222 g/mol. The van der Waals surface area contributed by atoms with Gasteiger partial charge in [-0.3, -0.25) is 4.79 Å². The molecule has 1 amide bonds. The Morgan fingerprint density at radius 1 is 1.53 bits per heavy atom. The topological polar surface area (TPSA) is 104 Å². The Morgan fingerprint density at radius 2 is 2.29 bits per heavy atom. The van der Waals surface area contributed by atoms with E-state index in [1.165, 1.54) is 6.07 Å². The normalized spacial score (nSPS) is 18.8. The molecule has 90 valence electrons. The summed E-state index contributed by atoms with van der Waals surface area (Å²) in [5.41, 5.74) is 6.60. The molecular formula is C11H13N3O3. The van der Waals surface area contributed by atoms with Crippen LogP contribution in [0, 0.1) is 0 Å². The van der Waals surface area contributed by atoms with Crippen molar-refractivity contribution in [2.45, 2.75) is 12.5 Å². The minimum absolute atomic E-state index is 0.0473. The Hall–Kier alpha value is -2.24. The lowest BCUT2D eigenvalue weighted by molar-refractivity contribution is -0.119. The number of nitrogen functional groups attached to an aromatic ring is 1. The van der Waals surface area contributed by atoms with E-state index in [2.05, 4.69) is 10.6 Å². The zero-order valence-corrected chi connectivity index (χ0v) is 9.06. The van der Waals surface area contributed by atoms with Crippen LogP contribution in [0.25, 0.3) is 0 Å². The molecule has 1 heterocycles. The van der Waals surface area contributed by atoms with Crippen molar-refractivity contribution >= 4 is 23.3 Å². The number of carbonyl (C=O) groups is 2. The van der Waals surface area contributed by atoms with Crippen molar-refractivity contribution in [2.24, 2.45) is 0 Å². The van der Waals surface area contributed by atoms with E-state index in [-0.39, 0.29) is 17.5 Å². The second kappa shape index (κ2) is 4.32. The van der Waals surface area contributed by atoms with Crippen LogP contribution in [0.3, 0.4) is 0 Å². The van der Waals surface area contributed by atoms with Gasteiger partial charge in [-0.15, -0.1) is 0 Å². The quantitative estimate of drug-likeness (QED) is 0.563. The largest absolute Gasteiger partial charge is 0.478 e. The van der Waals surface area contributed by atoms with Gasteiger partial charge in [-0.1, -0.05) is 6.07 Å². The van der Waals surface area contributed by atoms with Crippen molar-refractivity contribution in [3.05, 3.63) is 23.8 Å². The number of nitrogens with two attached hydrogens (primary N) is 1. The number of benzene rings is 1. The Balaban J connectivity index is 2.25. The maximum Gasteiger partial charge on any atom is 0.337 e. The first-order chi connectivity index (χ1) is 8.08. The van der Waals surface area contributed by atoms with Crippen molar-refractivity contribution < 1.29 is 14.7 Å². The molecule has 1 aliphatic heterocycles. The number of hydrogen-bond donors (Lipinski definition) is 4. The van der Waals surface area contributed by atoms with Crippen molar-refractivity contribution in [3.8, 4) is 0 Å². The summed E-state index contributed by atoms with van der Waals surface area (Å²) in [6.07, 6.45) is 0.327. The molecule has 1 fully saturated rings. The molecule has 0 radical (unpaired) electrons. The molecule has 1 aliphatic rings. The highest BCUT2D eigenvalue weighted by Crippen LogP contribution is 2.25. The van der Waals surface area contributed by atoms with Gasteiger partial charge >= 0.3 is 5.97 Å². The third-order valence-corrected chi connectivity index (χ3v) is 2.65. The van der Waals surface area contributed by atoms with Gasteiger partial charge in [0.15, 0.2) is 0 Å². The summed E-state index contributed by atoms with van der Waals surface area (Å²) in [6.45, 7) is 0.478. The number of nitrogens with one attached hydrogen (secondary N) is 2. The third-order valence-electron chi connectivity index (χ3n) is 2.65. The van der Waals surface area contributed by atoms with Crippen LogP contribution in [-0.4, -0.2) is 29.6 Å². The molecule has 0 spiro atoms. The van der Waals surface area contributed by atoms with Gasteiger partial charge in [0, 0.05) is 13.0 Å². The monoisotopic (exact) mass is 235 g/mol. The summed E-state index contributed by atoms with van der Waals surface area (Å²) in [4.78, 5) is 22.1. The molecule has 5 N–H and O–H groups in total. The molecule has 0 saturated carbocycles. The minimum atomic E-state index is -1.04. The van der Waals surface area contributed by atoms with E-state index < -0.39 is 5.97 Å². The van der Waals surface area contributed by atoms with Gasteiger partial charge in [0.2, 0.25) is 5.91 Å². The average Bonchev–Trinajstić information content (AvgIpc) is 2.67. The van der Waals surface area contributed by atoms with E-state index in [1.54, 1.807) is 12.1 Å². The smallest absolute Gasteiger partial charge is 0.337 e. The van der Waals surface area contributed by atoms with Gasteiger partial charge < -0.3 is 21.5 Å². The van der Waals surface area contributed by atoms with Crippen LogP contribution in [-0.2, 0) is 4.79 Å². The van der Waals surface area contributed by atoms with Crippen LogP contribution in [0.1, 0.15) is 16.8 Å². The second-order valence-corrected chi connectivity index (χ2v) is 3.92. The first-order valence-corrected chi connectivity index (χ1v) is 5.23. The molecule has 1 aromatic rings. The van der Waals surface area contributed by atoms with Gasteiger partial charge in [0.25, 0.3) is 0 Å². The highest BCUT2D eigenvalue weighted by atomic mass is 16.4. The number of carboxylic acids is 1. The van der Waals surface area contributed by atoms with Crippen LogP contribution in [0.2, 0.25) is 0 Å². The fraction of sp³-hybridized carbons (Fsp3) is 0.273. The molecule has 0 aromatic heterocycles. The van der Waals surface area contributed by atoms with Crippen molar-refractivity contribution in [1.29, 1.82) is 0 Å². The van der Waals surface area contributed by atoms with Gasteiger partial charge in [-0.25, -0.2) is 4.79 Å². The summed E-state index contributed by atoms with van der Waals surface area (Å²) in [5.74, 6) is -1.09. The standard InChI is InChI=1S/C11H13N3O3/c12-8-3-1-2-7(11(16)17)10(8)14-6-4-9(15)13-5-6/h1-3,6,14H,4-5,12H2,(H,13,15)(H,16,17). The molecule has 6 heteroatoms. The van der Waals surface area contributed by atoms with Crippen LogP contribution >= 0.6 is 0 Å². The maximum atomic E-state index is 11.0. The number of amides is 1. The molecule has 1 aromatic carbocycles. The Bertz CT molecular complexity index is 473. The van der Waals surface area contributed by atoms with Gasteiger partial charge in [-0.2, -0.15) is 0 Å². The summed E-state index contributed by atoms with van der Waals surface area (Å²) in [6, 6.07) is 4.57. The predicted octanol–water partition coefficient (Wildman–Crippen LogP) is 0.267. The molecule has 1 unspecified atom stereocenters. The second-order valence-electron chi connectivity index (χ2n) is 3.92. The lowest BCUT2D eigenvalue weighted by Gasteiger charge is -2.16. The zero-order chi connectivity index (χ0) is 12.4. The number of anilines is 2. The third kappa shape index (κ3) is 2.30. The molecule has 0 aliphatic carbocycles. The number of rotatable bonds is 3. The van der Waals surface area contributed by atoms with Crippen molar-refractivity contribution in [3.63, 3.8) is 0 Å². The van der Waals surface area contributed by atoms with Gasteiger partial charge in [0.05, 0.1) is 23.0 Å². The molecule has 0 bridgehead atoms. The number of carbonyl (C=O) groups excluding carboxylic acids is 1. The number of aromatic carboxylic acids is 1. The number of para-hydroxylation sites is 1. The van der Waals surface area contributed by atoms with E-state index in [1.807, 2.05) is 0 Å². The van der Waals surface area contributed by atoms with E-state index in [4.69, 9.17) is 10.8 Å². The van der Waals surface area contributed by atoms with E-state index >= 15 is 0 Å². The lowest BCUT2D eigenvalue weighted by Crippen LogP contribution is -2.24. The zero-order valence-electron chi connectivity index (χ0n) is 9.06. The summed E-state index contributed by atoms with van der Waals surface area (Å²) < 4.78 is 0. The fourth-order valence-electron chi connectivity index (χ4n) is 1.82. The van der Waals surface area contributed by atoms with E-state index in [0.29, 0.717) is 24.3 Å². The SMILES string of the molecule is Nc1cccc(C(=O)O)c1NC1CNC(=O)C1. The fourth-order valence-corrected chi connectivity index (χ4v) is 1.82. The lowest BCUT2D eigenvalue weighted by atomic mass is 10.1. The van der Waals surface area contributed by atoms with Crippen LogP contribution in [0.5, 0.6) is 0 Å². The van der Waals surface area contributed by atoms with Crippen molar-refractivity contribution in [1.82, 2.24) is 5.32 Å².